The van der Waals surface area contributed by atoms with E-state index in [1.54, 1.807) is 0 Å². The Kier molecular flexibility index (Phi) is 3.91. The lowest BCUT2D eigenvalue weighted by atomic mass is 9.99. The Labute approximate surface area is 158 Å². The Morgan fingerprint density at radius 2 is 1.67 bits per heavy atom. The van der Waals surface area contributed by atoms with Gasteiger partial charge in [0.15, 0.2) is 0 Å². The summed E-state index contributed by atoms with van der Waals surface area (Å²) in [6, 6.07) is 23.1. The summed E-state index contributed by atoms with van der Waals surface area (Å²) in [6.07, 6.45) is 3.08. The van der Waals surface area contributed by atoms with Crippen molar-refractivity contribution in [3.63, 3.8) is 0 Å². The molecule has 0 atom stereocenters. The van der Waals surface area contributed by atoms with Gasteiger partial charge in [0.2, 0.25) is 0 Å². The van der Waals surface area contributed by atoms with Crippen molar-refractivity contribution >= 4 is 11.3 Å². The summed E-state index contributed by atoms with van der Waals surface area (Å²) in [4.78, 5) is 7.42. The number of fused-ring (bicyclic) bond motifs is 2. The van der Waals surface area contributed by atoms with Gasteiger partial charge in [0, 0.05) is 37.1 Å². The van der Waals surface area contributed by atoms with Gasteiger partial charge in [0.05, 0.1) is 11.4 Å². The quantitative estimate of drug-likeness (QED) is 0.601. The van der Waals surface area contributed by atoms with Gasteiger partial charge in [-0.15, -0.1) is 0 Å². The van der Waals surface area contributed by atoms with Crippen LogP contribution in [0.3, 0.4) is 0 Å². The number of nitrogen functional groups attached to an aromatic ring is 1. The van der Waals surface area contributed by atoms with Crippen LogP contribution in [0, 0.1) is 0 Å². The zero-order valence-electron chi connectivity index (χ0n) is 15.2. The summed E-state index contributed by atoms with van der Waals surface area (Å²) in [5.41, 5.74) is 14.1. The molecule has 1 aliphatic heterocycles. The maximum absolute atomic E-state index is 6.07. The van der Waals surface area contributed by atoms with E-state index < -0.39 is 0 Å². The maximum atomic E-state index is 6.07. The van der Waals surface area contributed by atoms with Crippen LogP contribution in [0.25, 0.3) is 16.9 Å². The number of nitrogens with zero attached hydrogens (tertiary/aromatic N) is 3. The third-order valence-corrected chi connectivity index (χ3v) is 5.37. The number of hydrogen-bond acceptors (Lipinski definition) is 3. The molecule has 2 aromatic carbocycles. The molecule has 27 heavy (non-hydrogen) atoms. The van der Waals surface area contributed by atoms with Crippen molar-refractivity contribution in [2.45, 2.75) is 19.5 Å². The molecule has 0 radical (unpaired) electrons. The Morgan fingerprint density at radius 3 is 2.52 bits per heavy atom. The van der Waals surface area contributed by atoms with Crippen molar-refractivity contribution in [3.05, 3.63) is 89.7 Å². The second kappa shape index (κ2) is 6.56. The van der Waals surface area contributed by atoms with Gasteiger partial charge >= 0.3 is 0 Å². The second-order valence-electron chi connectivity index (χ2n) is 7.19. The fraction of sp³-hybridized carbons (Fsp3) is 0.174. The average Bonchev–Trinajstić information content (AvgIpc) is 3.06. The van der Waals surface area contributed by atoms with Gasteiger partial charge in [-0.3, -0.25) is 4.90 Å². The Bertz CT molecular complexity index is 1100. The number of anilines is 1. The smallest absolute Gasteiger partial charge is 0.137 e. The lowest BCUT2D eigenvalue weighted by molar-refractivity contribution is 0.242. The highest BCUT2D eigenvalue weighted by Crippen LogP contribution is 2.28. The molecule has 0 spiro atoms. The molecule has 0 bridgehead atoms. The van der Waals surface area contributed by atoms with E-state index in [1.165, 1.54) is 16.8 Å². The molecule has 0 amide bonds. The molecule has 5 rings (SSSR count). The second-order valence-corrected chi connectivity index (χ2v) is 7.19. The first-order chi connectivity index (χ1) is 13.3. The van der Waals surface area contributed by atoms with Gasteiger partial charge in [-0.25, -0.2) is 4.98 Å². The number of aromatic nitrogens is 2. The fourth-order valence-corrected chi connectivity index (χ4v) is 3.99. The van der Waals surface area contributed by atoms with Crippen LogP contribution in [0.15, 0.2) is 72.9 Å². The Morgan fingerprint density at radius 1 is 0.889 bits per heavy atom. The summed E-state index contributed by atoms with van der Waals surface area (Å²) in [6.45, 7) is 2.88. The molecule has 0 aliphatic carbocycles. The Balaban J connectivity index is 1.57. The van der Waals surface area contributed by atoms with Gasteiger partial charge < -0.3 is 10.1 Å². The van der Waals surface area contributed by atoms with Gasteiger partial charge in [0.1, 0.15) is 5.65 Å². The number of rotatable bonds is 3. The van der Waals surface area contributed by atoms with Gasteiger partial charge in [-0.2, -0.15) is 0 Å². The van der Waals surface area contributed by atoms with E-state index in [4.69, 9.17) is 10.7 Å². The first kappa shape index (κ1) is 16.1. The molecular formula is C23H22N4. The van der Waals surface area contributed by atoms with Crippen molar-refractivity contribution in [3.8, 4) is 11.3 Å². The largest absolute Gasteiger partial charge is 0.398 e. The zero-order valence-corrected chi connectivity index (χ0v) is 15.2. The minimum atomic E-state index is 0.754. The van der Waals surface area contributed by atoms with E-state index in [0.29, 0.717) is 0 Å². The standard InChI is InChI=1S/C23H22N4/c24-20-10-11-22-25-23(18-7-2-1-3-8-18)21(27(22)15-20)16-26-13-12-17-6-4-5-9-19(17)14-26/h1-11,15H,12-14,16,24H2. The van der Waals surface area contributed by atoms with Crippen LogP contribution < -0.4 is 5.73 Å². The summed E-state index contributed by atoms with van der Waals surface area (Å²) in [5, 5.41) is 0. The number of nitrogens with two attached hydrogens (primary N) is 1. The SMILES string of the molecule is Nc1ccc2nc(-c3ccccc3)c(CN3CCc4ccccc4C3)n2c1. The first-order valence-electron chi connectivity index (χ1n) is 9.39. The summed E-state index contributed by atoms with van der Waals surface area (Å²) < 4.78 is 2.15. The van der Waals surface area contributed by atoms with E-state index in [2.05, 4.69) is 57.8 Å². The lowest BCUT2D eigenvalue weighted by Gasteiger charge is -2.28. The predicted octanol–water partition coefficient (Wildman–Crippen LogP) is 4.14. The van der Waals surface area contributed by atoms with E-state index in [-0.39, 0.29) is 0 Å². The zero-order chi connectivity index (χ0) is 18.2. The minimum absolute atomic E-state index is 0.754. The molecule has 0 fully saturated rings. The van der Waals surface area contributed by atoms with Crippen LogP contribution >= 0.6 is 0 Å². The lowest BCUT2D eigenvalue weighted by Crippen LogP contribution is -2.30. The average molecular weight is 354 g/mol. The van der Waals surface area contributed by atoms with Crippen molar-refractivity contribution < 1.29 is 0 Å². The summed E-state index contributed by atoms with van der Waals surface area (Å²) in [5.74, 6) is 0. The highest BCUT2D eigenvalue weighted by molar-refractivity contribution is 5.67. The fourth-order valence-electron chi connectivity index (χ4n) is 3.99. The van der Waals surface area contributed by atoms with Gasteiger partial charge in [0.25, 0.3) is 0 Å². The van der Waals surface area contributed by atoms with Crippen LogP contribution in [0.1, 0.15) is 16.8 Å². The highest BCUT2D eigenvalue weighted by atomic mass is 15.2. The van der Waals surface area contributed by atoms with E-state index in [1.807, 2.05) is 24.4 Å². The normalized spacial score (nSPS) is 14.4. The van der Waals surface area contributed by atoms with Gasteiger partial charge in [-0.1, -0.05) is 54.6 Å². The van der Waals surface area contributed by atoms with Crippen LogP contribution in [0.5, 0.6) is 0 Å². The molecule has 0 saturated heterocycles. The summed E-state index contributed by atoms with van der Waals surface area (Å²) >= 11 is 0. The summed E-state index contributed by atoms with van der Waals surface area (Å²) in [7, 11) is 0. The topological polar surface area (TPSA) is 46.6 Å². The predicted molar refractivity (Wildman–Crippen MR) is 109 cm³/mol. The van der Waals surface area contributed by atoms with Crippen molar-refractivity contribution in [2.24, 2.45) is 0 Å². The molecule has 0 unspecified atom stereocenters. The number of hydrogen-bond donors (Lipinski definition) is 1. The van der Waals surface area contributed by atoms with E-state index in [0.717, 1.165) is 48.6 Å². The monoisotopic (exact) mass is 354 g/mol. The highest BCUT2D eigenvalue weighted by Gasteiger charge is 2.20. The number of benzene rings is 2. The van der Waals surface area contributed by atoms with Crippen LogP contribution in [-0.4, -0.2) is 20.8 Å². The molecule has 4 aromatic rings. The number of pyridine rings is 1. The van der Waals surface area contributed by atoms with Crippen LogP contribution in [0.4, 0.5) is 5.69 Å². The maximum Gasteiger partial charge on any atom is 0.137 e. The van der Waals surface area contributed by atoms with Crippen molar-refractivity contribution in [1.29, 1.82) is 0 Å². The van der Waals surface area contributed by atoms with Gasteiger partial charge in [-0.05, 0) is 29.7 Å². The molecule has 3 heterocycles. The first-order valence-corrected chi connectivity index (χ1v) is 9.39. The molecule has 134 valence electrons. The number of imidazole rings is 1. The third kappa shape index (κ3) is 2.98. The molecular weight excluding hydrogens is 332 g/mol. The molecule has 0 saturated carbocycles. The van der Waals surface area contributed by atoms with E-state index in [9.17, 15) is 0 Å². The Hall–Kier alpha value is -3.11. The third-order valence-electron chi connectivity index (χ3n) is 5.37. The van der Waals surface area contributed by atoms with Crippen LogP contribution in [-0.2, 0) is 19.5 Å². The minimum Gasteiger partial charge on any atom is -0.398 e. The molecule has 1 aliphatic rings. The molecule has 4 heteroatoms. The molecule has 4 nitrogen and oxygen atoms in total. The molecule has 2 aromatic heterocycles. The van der Waals surface area contributed by atoms with Crippen molar-refractivity contribution in [1.82, 2.24) is 14.3 Å². The van der Waals surface area contributed by atoms with E-state index >= 15 is 0 Å². The van der Waals surface area contributed by atoms with Crippen molar-refractivity contribution in [2.75, 3.05) is 12.3 Å². The molecule has 2 N–H and O–H groups in total. The van der Waals surface area contributed by atoms with Crippen LogP contribution in [0.2, 0.25) is 0 Å².